The summed E-state index contributed by atoms with van der Waals surface area (Å²) in [7, 11) is 0. The molecule has 0 aromatic carbocycles. The summed E-state index contributed by atoms with van der Waals surface area (Å²) in [5.74, 6) is 0. The van der Waals surface area contributed by atoms with Crippen LogP contribution in [0.3, 0.4) is 0 Å². The highest BCUT2D eigenvalue weighted by atomic mass is 16.1. The molecule has 2 aromatic rings. The lowest BCUT2D eigenvalue weighted by Crippen LogP contribution is -2.02. The number of hydrogen-bond donors (Lipinski definition) is 1. The molecular weight excluding hydrogens is 142 g/mol. The molecule has 0 aliphatic carbocycles. The molecule has 0 aliphatic rings. The summed E-state index contributed by atoms with van der Waals surface area (Å²) >= 11 is 0. The van der Waals surface area contributed by atoms with Crippen LogP contribution in [0.25, 0.3) is 10.9 Å². The Labute approximate surface area is 61.9 Å². The second-order valence-corrected chi connectivity index (χ2v) is 2.16. The minimum absolute atomic E-state index is 0.132. The average Bonchev–Trinajstić information content (AvgIpc) is 2.04. The number of aromatic nitrogens is 3. The van der Waals surface area contributed by atoms with Gasteiger partial charge in [0.05, 0.1) is 5.52 Å². The van der Waals surface area contributed by atoms with Crippen molar-refractivity contribution in [3.8, 4) is 0 Å². The van der Waals surface area contributed by atoms with Crippen molar-refractivity contribution in [2.24, 2.45) is 0 Å². The summed E-state index contributed by atoms with van der Waals surface area (Å²) < 4.78 is 0. The van der Waals surface area contributed by atoms with Crippen LogP contribution in [-0.4, -0.2) is 15.0 Å². The Morgan fingerprint density at radius 3 is 3.27 bits per heavy atom. The zero-order valence-electron chi connectivity index (χ0n) is 5.61. The molecule has 0 radical (unpaired) electrons. The van der Waals surface area contributed by atoms with Crippen molar-refractivity contribution in [1.82, 2.24) is 15.0 Å². The third-order valence-electron chi connectivity index (χ3n) is 1.41. The van der Waals surface area contributed by atoms with Gasteiger partial charge in [-0.1, -0.05) is 0 Å². The highest BCUT2D eigenvalue weighted by Gasteiger charge is 1.91. The highest BCUT2D eigenvalue weighted by molar-refractivity contribution is 5.75. The molecule has 0 fully saturated rings. The van der Waals surface area contributed by atoms with Crippen LogP contribution in [0.1, 0.15) is 0 Å². The van der Waals surface area contributed by atoms with E-state index in [0.29, 0.717) is 0 Å². The van der Waals surface area contributed by atoms with Crippen LogP contribution in [0.2, 0.25) is 0 Å². The third kappa shape index (κ3) is 0.980. The van der Waals surface area contributed by atoms with E-state index < -0.39 is 0 Å². The van der Waals surface area contributed by atoms with Crippen LogP contribution in [-0.2, 0) is 0 Å². The Hall–Kier alpha value is -1.71. The largest absolute Gasteiger partial charge is 0.327 e. The van der Waals surface area contributed by atoms with Gasteiger partial charge in [0.2, 0.25) is 5.56 Å². The fourth-order valence-electron chi connectivity index (χ4n) is 0.904. The van der Waals surface area contributed by atoms with Crippen LogP contribution < -0.4 is 5.56 Å². The number of pyridine rings is 1. The molecule has 0 saturated carbocycles. The maximum absolute atomic E-state index is 10.8. The van der Waals surface area contributed by atoms with Crippen LogP contribution >= 0.6 is 0 Å². The van der Waals surface area contributed by atoms with Crippen molar-refractivity contribution in [3.05, 3.63) is 35.1 Å². The lowest BCUT2D eigenvalue weighted by Gasteiger charge is -1.91. The van der Waals surface area contributed by atoms with Gasteiger partial charge in [0.15, 0.2) is 0 Å². The van der Waals surface area contributed by atoms with Gasteiger partial charge in [0.1, 0.15) is 6.33 Å². The first kappa shape index (κ1) is 6.03. The van der Waals surface area contributed by atoms with Gasteiger partial charge in [-0.3, -0.25) is 4.79 Å². The standard InChI is InChI=1S/C7H5N3O/c11-7-1-5-2-8-4-10-6(5)3-9-7/h1-4H,(H,9,11). The maximum atomic E-state index is 10.8. The summed E-state index contributed by atoms with van der Waals surface area (Å²) in [6.45, 7) is 0. The lowest BCUT2D eigenvalue weighted by molar-refractivity contribution is 1.18. The first-order valence-electron chi connectivity index (χ1n) is 3.15. The molecule has 2 rings (SSSR count). The first-order valence-corrected chi connectivity index (χ1v) is 3.15. The normalized spacial score (nSPS) is 10.2. The first-order chi connectivity index (χ1) is 5.36. The Morgan fingerprint density at radius 2 is 2.36 bits per heavy atom. The molecule has 0 saturated heterocycles. The molecule has 2 aromatic heterocycles. The number of fused-ring (bicyclic) bond motifs is 1. The Bertz CT molecular complexity index is 435. The molecule has 0 spiro atoms. The number of nitrogens with one attached hydrogen (secondary N) is 1. The van der Waals surface area contributed by atoms with Crippen LogP contribution in [0.4, 0.5) is 0 Å². The number of nitrogens with zero attached hydrogens (tertiary/aromatic N) is 2. The SMILES string of the molecule is O=c1cc2cncnc2c[nH]1. The van der Waals surface area contributed by atoms with E-state index in [9.17, 15) is 4.79 Å². The predicted octanol–water partition coefficient (Wildman–Crippen LogP) is 0.318. The zero-order chi connectivity index (χ0) is 7.68. The van der Waals surface area contributed by atoms with E-state index in [1.165, 1.54) is 12.4 Å². The van der Waals surface area contributed by atoms with Gasteiger partial charge < -0.3 is 4.98 Å². The van der Waals surface area contributed by atoms with Gasteiger partial charge in [-0.25, -0.2) is 9.97 Å². The van der Waals surface area contributed by atoms with Gasteiger partial charge in [-0.05, 0) is 0 Å². The summed E-state index contributed by atoms with van der Waals surface area (Å²) in [6.07, 6.45) is 4.62. The molecule has 2 heterocycles. The number of hydrogen-bond acceptors (Lipinski definition) is 3. The summed E-state index contributed by atoms with van der Waals surface area (Å²) in [5, 5.41) is 0.760. The van der Waals surface area contributed by atoms with Gasteiger partial charge >= 0.3 is 0 Å². The second-order valence-electron chi connectivity index (χ2n) is 2.16. The van der Waals surface area contributed by atoms with Crippen LogP contribution in [0.5, 0.6) is 0 Å². The number of H-pyrrole nitrogens is 1. The topological polar surface area (TPSA) is 58.6 Å². The zero-order valence-corrected chi connectivity index (χ0v) is 5.61. The summed E-state index contributed by atoms with van der Waals surface area (Å²) in [5.41, 5.74) is 0.618. The quantitative estimate of drug-likeness (QED) is 0.583. The molecule has 11 heavy (non-hydrogen) atoms. The summed E-state index contributed by atoms with van der Waals surface area (Å²) in [4.78, 5) is 21.0. The second kappa shape index (κ2) is 2.16. The van der Waals surface area contributed by atoms with E-state index >= 15 is 0 Å². The minimum Gasteiger partial charge on any atom is -0.327 e. The Morgan fingerprint density at radius 1 is 1.45 bits per heavy atom. The minimum atomic E-state index is -0.132. The molecule has 0 aliphatic heterocycles. The van der Waals surface area contributed by atoms with E-state index in [1.54, 1.807) is 12.4 Å². The fourth-order valence-corrected chi connectivity index (χ4v) is 0.904. The van der Waals surface area contributed by atoms with Crippen LogP contribution in [0, 0.1) is 0 Å². The van der Waals surface area contributed by atoms with Crippen LogP contribution in [0.15, 0.2) is 29.6 Å². The summed E-state index contributed by atoms with van der Waals surface area (Å²) in [6, 6.07) is 1.47. The van der Waals surface area contributed by atoms with E-state index in [0.717, 1.165) is 10.9 Å². The van der Waals surface area contributed by atoms with Crippen molar-refractivity contribution < 1.29 is 0 Å². The number of rotatable bonds is 0. The molecule has 0 amide bonds. The van der Waals surface area contributed by atoms with E-state index in [1.807, 2.05) is 0 Å². The van der Waals surface area contributed by atoms with Crippen molar-refractivity contribution in [1.29, 1.82) is 0 Å². The molecule has 0 bridgehead atoms. The van der Waals surface area contributed by atoms with Gasteiger partial charge in [-0.15, -0.1) is 0 Å². The smallest absolute Gasteiger partial charge is 0.248 e. The molecule has 54 valence electrons. The van der Waals surface area contributed by atoms with E-state index in [-0.39, 0.29) is 5.56 Å². The van der Waals surface area contributed by atoms with Crippen molar-refractivity contribution in [2.45, 2.75) is 0 Å². The molecule has 0 atom stereocenters. The van der Waals surface area contributed by atoms with Crippen molar-refractivity contribution >= 4 is 10.9 Å². The average molecular weight is 147 g/mol. The van der Waals surface area contributed by atoms with E-state index in [2.05, 4.69) is 15.0 Å². The molecule has 0 unspecified atom stereocenters. The lowest BCUT2D eigenvalue weighted by atomic mass is 10.3. The van der Waals surface area contributed by atoms with E-state index in [4.69, 9.17) is 0 Å². The fraction of sp³-hybridized carbons (Fsp3) is 0. The monoisotopic (exact) mass is 147 g/mol. The predicted molar refractivity (Wildman–Crippen MR) is 40.2 cm³/mol. The van der Waals surface area contributed by atoms with Gasteiger partial charge in [0.25, 0.3) is 0 Å². The molecular formula is C7H5N3O. The van der Waals surface area contributed by atoms with Crippen molar-refractivity contribution in [2.75, 3.05) is 0 Å². The third-order valence-corrected chi connectivity index (χ3v) is 1.41. The molecule has 1 N–H and O–H groups in total. The highest BCUT2D eigenvalue weighted by Crippen LogP contribution is 2.01. The van der Waals surface area contributed by atoms with Gasteiger partial charge in [0, 0.05) is 23.8 Å². The number of aromatic amines is 1. The van der Waals surface area contributed by atoms with Gasteiger partial charge in [-0.2, -0.15) is 0 Å². The van der Waals surface area contributed by atoms with Crippen molar-refractivity contribution in [3.63, 3.8) is 0 Å². The molecule has 4 heteroatoms. The Kier molecular flexibility index (Phi) is 1.18. The molecule has 4 nitrogen and oxygen atoms in total. The maximum Gasteiger partial charge on any atom is 0.248 e. The Balaban J connectivity index is 2.94.